The van der Waals surface area contributed by atoms with Crippen LogP contribution in [0, 0.1) is 5.92 Å². The van der Waals surface area contributed by atoms with E-state index in [0.717, 1.165) is 18.3 Å². The lowest BCUT2D eigenvalue weighted by atomic mass is 10.0. The van der Waals surface area contributed by atoms with Gasteiger partial charge in [0.25, 0.3) is 0 Å². The van der Waals surface area contributed by atoms with E-state index in [1.807, 2.05) is 24.3 Å². The van der Waals surface area contributed by atoms with Crippen LogP contribution in [0.2, 0.25) is 0 Å². The monoisotopic (exact) mass is 208 g/mol. The fourth-order valence-electron chi connectivity index (χ4n) is 1.27. The number of carbonyl (C=O) groups excluding carboxylic acids is 1. The number of rotatable bonds is 4. The molecule has 0 saturated carbocycles. The molecule has 0 aliphatic carbocycles. The van der Waals surface area contributed by atoms with Crippen molar-refractivity contribution >= 4 is 18.9 Å². The van der Waals surface area contributed by atoms with E-state index in [-0.39, 0.29) is 0 Å². The fourth-order valence-corrected chi connectivity index (χ4v) is 1.48. The molecular formula is C12H16OS. The minimum atomic E-state index is 0.358. The second-order valence-corrected chi connectivity index (χ2v) is 4.54. The molecule has 0 spiro atoms. The lowest BCUT2D eigenvalue weighted by Gasteiger charge is -2.14. The Balaban J connectivity index is 2.71. The first kappa shape index (κ1) is 11.3. The van der Waals surface area contributed by atoms with Gasteiger partial charge in [0.2, 0.25) is 0 Å². The molecular weight excluding hydrogens is 192 g/mol. The normalized spacial score (nSPS) is 12.9. The molecule has 1 nitrogen and oxygen atoms in total. The van der Waals surface area contributed by atoms with E-state index in [0.29, 0.717) is 11.2 Å². The molecule has 76 valence electrons. The van der Waals surface area contributed by atoms with Gasteiger partial charge in [-0.1, -0.05) is 32.0 Å². The third-order valence-corrected chi connectivity index (χ3v) is 3.08. The zero-order valence-corrected chi connectivity index (χ0v) is 9.50. The van der Waals surface area contributed by atoms with Crippen LogP contribution in [0.3, 0.4) is 0 Å². The van der Waals surface area contributed by atoms with Gasteiger partial charge < -0.3 is 0 Å². The maximum absolute atomic E-state index is 10.6. The summed E-state index contributed by atoms with van der Waals surface area (Å²) in [5.41, 5.74) is 1.93. The second kappa shape index (κ2) is 5.20. The highest BCUT2D eigenvalue weighted by Gasteiger charge is 2.08. The largest absolute Gasteiger partial charge is 0.298 e. The molecule has 1 aromatic rings. The number of carbonyl (C=O) groups is 1. The third kappa shape index (κ3) is 3.18. The van der Waals surface area contributed by atoms with Crippen molar-refractivity contribution in [1.82, 2.24) is 0 Å². The topological polar surface area (TPSA) is 17.1 Å². The van der Waals surface area contributed by atoms with Crippen LogP contribution < -0.4 is 0 Å². The Hall–Kier alpha value is -0.760. The van der Waals surface area contributed by atoms with Crippen LogP contribution in [0.4, 0.5) is 0 Å². The maximum Gasteiger partial charge on any atom is 0.150 e. The SMILES string of the molecule is CC(C)C(S)Cc1cccc(C=O)c1. The van der Waals surface area contributed by atoms with Gasteiger partial charge >= 0.3 is 0 Å². The maximum atomic E-state index is 10.6. The van der Waals surface area contributed by atoms with Gasteiger partial charge in [-0.05, 0) is 24.0 Å². The molecule has 0 amide bonds. The van der Waals surface area contributed by atoms with Gasteiger partial charge in [-0.25, -0.2) is 0 Å². The lowest BCUT2D eigenvalue weighted by Crippen LogP contribution is -2.11. The molecule has 0 aliphatic rings. The first-order chi connectivity index (χ1) is 6.63. The van der Waals surface area contributed by atoms with Gasteiger partial charge in [0.15, 0.2) is 0 Å². The summed E-state index contributed by atoms with van der Waals surface area (Å²) in [6.07, 6.45) is 1.80. The van der Waals surface area contributed by atoms with E-state index < -0.39 is 0 Å². The van der Waals surface area contributed by atoms with Crippen molar-refractivity contribution in [3.05, 3.63) is 35.4 Å². The number of aldehydes is 1. The molecule has 1 atom stereocenters. The average molecular weight is 208 g/mol. The molecule has 1 unspecified atom stereocenters. The Morgan fingerprint density at radius 3 is 2.71 bits per heavy atom. The average Bonchev–Trinajstić information content (AvgIpc) is 2.18. The second-order valence-electron chi connectivity index (χ2n) is 3.88. The Bertz CT molecular complexity index is 307. The van der Waals surface area contributed by atoms with Gasteiger partial charge in [-0.15, -0.1) is 0 Å². The summed E-state index contributed by atoms with van der Waals surface area (Å²) >= 11 is 4.51. The van der Waals surface area contributed by atoms with Gasteiger partial charge in [0.05, 0.1) is 0 Å². The van der Waals surface area contributed by atoms with Crippen molar-refractivity contribution in [1.29, 1.82) is 0 Å². The molecule has 0 radical (unpaired) electrons. The quantitative estimate of drug-likeness (QED) is 0.594. The van der Waals surface area contributed by atoms with Crippen molar-refractivity contribution in [2.24, 2.45) is 5.92 Å². The summed E-state index contributed by atoms with van der Waals surface area (Å²) in [7, 11) is 0. The first-order valence-corrected chi connectivity index (χ1v) is 5.37. The highest BCUT2D eigenvalue weighted by atomic mass is 32.1. The molecule has 0 aromatic heterocycles. The molecule has 14 heavy (non-hydrogen) atoms. The molecule has 0 fully saturated rings. The summed E-state index contributed by atoms with van der Waals surface area (Å²) in [6.45, 7) is 4.31. The molecule has 0 heterocycles. The Labute approximate surface area is 90.9 Å². The molecule has 1 aromatic carbocycles. The van der Waals surface area contributed by atoms with Crippen LogP contribution in [-0.2, 0) is 6.42 Å². The van der Waals surface area contributed by atoms with E-state index in [1.165, 1.54) is 5.56 Å². The summed E-state index contributed by atoms with van der Waals surface area (Å²) in [6, 6.07) is 7.70. The molecule has 0 saturated heterocycles. The zero-order valence-electron chi connectivity index (χ0n) is 8.60. The van der Waals surface area contributed by atoms with Crippen molar-refractivity contribution in [3.8, 4) is 0 Å². The highest BCUT2D eigenvalue weighted by Crippen LogP contribution is 2.15. The van der Waals surface area contributed by atoms with E-state index in [4.69, 9.17) is 0 Å². The van der Waals surface area contributed by atoms with E-state index in [9.17, 15) is 4.79 Å². The standard InChI is InChI=1S/C12H16OS/c1-9(2)12(14)7-10-4-3-5-11(6-10)8-13/h3-6,8-9,12,14H,7H2,1-2H3. The Morgan fingerprint density at radius 1 is 1.43 bits per heavy atom. The molecule has 1 rings (SSSR count). The molecule has 0 aliphatic heterocycles. The van der Waals surface area contributed by atoms with Gasteiger partial charge in [-0.3, -0.25) is 4.79 Å². The minimum absolute atomic E-state index is 0.358. The van der Waals surface area contributed by atoms with Crippen molar-refractivity contribution < 1.29 is 4.79 Å². The van der Waals surface area contributed by atoms with Crippen LogP contribution in [0.15, 0.2) is 24.3 Å². The van der Waals surface area contributed by atoms with Crippen LogP contribution in [-0.4, -0.2) is 11.5 Å². The fraction of sp³-hybridized carbons (Fsp3) is 0.417. The van der Waals surface area contributed by atoms with Crippen LogP contribution in [0.1, 0.15) is 29.8 Å². The van der Waals surface area contributed by atoms with Gasteiger partial charge in [0, 0.05) is 10.8 Å². The molecule has 0 N–H and O–H groups in total. The lowest BCUT2D eigenvalue weighted by molar-refractivity contribution is 0.112. The van der Waals surface area contributed by atoms with Crippen molar-refractivity contribution in [2.75, 3.05) is 0 Å². The number of hydrogen-bond acceptors (Lipinski definition) is 2. The van der Waals surface area contributed by atoms with Crippen molar-refractivity contribution in [2.45, 2.75) is 25.5 Å². The smallest absolute Gasteiger partial charge is 0.150 e. The number of benzene rings is 1. The van der Waals surface area contributed by atoms with Crippen molar-refractivity contribution in [3.63, 3.8) is 0 Å². The molecule has 0 bridgehead atoms. The number of thiol groups is 1. The van der Waals surface area contributed by atoms with E-state index >= 15 is 0 Å². The van der Waals surface area contributed by atoms with Gasteiger partial charge in [0.1, 0.15) is 6.29 Å². The summed E-state index contributed by atoms with van der Waals surface area (Å²) in [4.78, 5) is 10.6. The predicted octanol–water partition coefficient (Wildman–Crippen LogP) is 3.00. The van der Waals surface area contributed by atoms with Gasteiger partial charge in [-0.2, -0.15) is 12.6 Å². The van der Waals surface area contributed by atoms with E-state index in [2.05, 4.69) is 26.5 Å². The summed E-state index contributed by atoms with van der Waals surface area (Å²) in [5.74, 6) is 0.554. The van der Waals surface area contributed by atoms with Crippen LogP contribution in [0.25, 0.3) is 0 Å². The zero-order chi connectivity index (χ0) is 10.6. The van der Waals surface area contributed by atoms with Crippen LogP contribution in [0.5, 0.6) is 0 Å². The van der Waals surface area contributed by atoms with E-state index in [1.54, 1.807) is 0 Å². The predicted molar refractivity (Wildman–Crippen MR) is 63.1 cm³/mol. The summed E-state index contributed by atoms with van der Waals surface area (Å²) in [5, 5.41) is 0.358. The highest BCUT2D eigenvalue weighted by molar-refractivity contribution is 7.81. The Kier molecular flexibility index (Phi) is 4.21. The summed E-state index contributed by atoms with van der Waals surface area (Å²) < 4.78 is 0. The van der Waals surface area contributed by atoms with Crippen LogP contribution >= 0.6 is 12.6 Å². The first-order valence-electron chi connectivity index (χ1n) is 4.85. The Morgan fingerprint density at radius 2 is 2.14 bits per heavy atom. The minimum Gasteiger partial charge on any atom is -0.298 e. The third-order valence-electron chi connectivity index (χ3n) is 2.30. The molecule has 2 heteroatoms. The number of hydrogen-bond donors (Lipinski definition) is 1.